The number of imide groups is 1. The Balaban J connectivity index is 2.50. The van der Waals surface area contributed by atoms with E-state index >= 15 is 0 Å². The van der Waals surface area contributed by atoms with Crippen molar-refractivity contribution in [2.24, 2.45) is 0 Å². The van der Waals surface area contributed by atoms with Gasteiger partial charge in [-0.05, 0) is 12.5 Å². The summed E-state index contributed by atoms with van der Waals surface area (Å²) in [5, 5.41) is 12.9. The van der Waals surface area contributed by atoms with Crippen LogP contribution < -0.4 is 5.32 Å². The van der Waals surface area contributed by atoms with Crippen LogP contribution >= 0.6 is 0 Å². The first-order valence-electron chi connectivity index (χ1n) is 6.99. The zero-order valence-electron chi connectivity index (χ0n) is 12.0. The van der Waals surface area contributed by atoms with Gasteiger partial charge in [0, 0.05) is 18.7 Å². The van der Waals surface area contributed by atoms with Crippen LogP contribution in [0.15, 0.2) is 18.3 Å². The Morgan fingerprint density at radius 3 is 2.67 bits per heavy atom. The molecule has 0 aromatic carbocycles. The Labute approximate surface area is 122 Å². The van der Waals surface area contributed by atoms with E-state index in [1.165, 1.54) is 18.3 Å². The van der Waals surface area contributed by atoms with Gasteiger partial charge in [-0.1, -0.05) is 32.6 Å². The van der Waals surface area contributed by atoms with Crippen molar-refractivity contribution in [3.8, 4) is 0 Å². The zero-order chi connectivity index (χ0) is 15.7. The van der Waals surface area contributed by atoms with Gasteiger partial charge < -0.3 is 0 Å². The molecule has 0 saturated heterocycles. The number of unbranched alkanes of at least 4 members (excludes halogenated alkanes) is 4. The van der Waals surface area contributed by atoms with Gasteiger partial charge in [-0.15, -0.1) is 0 Å². The Morgan fingerprint density at radius 1 is 1.29 bits per heavy atom. The van der Waals surface area contributed by atoms with Crippen LogP contribution in [0.4, 0.5) is 5.69 Å². The summed E-state index contributed by atoms with van der Waals surface area (Å²) in [5.74, 6) is -1.27. The fraction of sp³-hybridized carbons (Fsp3) is 0.500. The molecule has 1 N–H and O–H groups in total. The van der Waals surface area contributed by atoms with Gasteiger partial charge in [0.1, 0.15) is 0 Å². The van der Waals surface area contributed by atoms with Crippen molar-refractivity contribution in [1.82, 2.24) is 10.3 Å². The minimum absolute atomic E-state index is 0.232. The van der Waals surface area contributed by atoms with Crippen molar-refractivity contribution in [2.45, 2.75) is 45.4 Å². The van der Waals surface area contributed by atoms with E-state index < -0.39 is 22.4 Å². The van der Waals surface area contributed by atoms with Crippen LogP contribution in [-0.4, -0.2) is 21.7 Å². The minimum Gasteiger partial charge on any atom is -0.291 e. The van der Waals surface area contributed by atoms with Crippen molar-refractivity contribution in [1.29, 1.82) is 0 Å². The number of hydrogen-bond donors (Lipinski definition) is 1. The molecule has 0 aliphatic rings. The number of aromatic nitrogens is 1. The number of hydrogen-bond acceptors (Lipinski definition) is 5. The van der Waals surface area contributed by atoms with Crippen LogP contribution in [0, 0.1) is 10.1 Å². The van der Waals surface area contributed by atoms with Gasteiger partial charge in [0.05, 0.1) is 4.92 Å². The molecule has 0 aliphatic heterocycles. The standard InChI is InChI=1S/C14H19N3O4/c1-2-3-4-5-6-9-12(18)16-14(19)13-11(17(20)21)8-7-10-15-13/h7-8,10H,2-6,9H2,1H3,(H,16,18,19). The predicted molar refractivity (Wildman–Crippen MR) is 76.7 cm³/mol. The van der Waals surface area contributed by atoms with E-state index in [0.717, 1.165) is 25.7 Å². The molecule has 0 saturated carbocycles. The van der Waals surface area contributed by atoms with E-state index in [0.29, 0.717) is 6.42 Å². The van der Waals surface area contributed by atoms with Gasteiger partial charge in [-0.2, -0.15) is 0 Å². The predicted octanol–water partition coefficient (Wildman–Crippen LogP) is 2.61. The second-order valence-electron chi connectivity index (χ2n) is 4.67. The molecule has 0 unspecified atom stereocenters. The first-order chi connectivity index (χ1) is 10.1. The molecular weight excluding hydrogens is 274 g/mol. The maximum absolute atomic E-state index is 11.8. The molecule has 114 valence electrons. The molecule has 7 heteroatoms. The molecule has 0 bridgehead atoms. The Bertz CT molecular complexity index is 517. The summed E-state index contributed by atoms with van der Waals surface area (Å²) in [6, 6.07) is 2.54. The van der Waals surface area contributed by atoms with E-state index in [1.54, 1.807) is 0 Å². The van der Waals surface area contributed by atoms with Gasteiger partial charge in [0.25, 0.3) is 5.91 Å². The Hall–Kier alpha value is -2.31. The van der Waals surface area contributed by atoms with Crippen LogP contribution in [0.3, 0.4) is 0 Å². The molecule has 21 heavy (non-hydrogen) atoms. The van der Waals surface area contributed by atoms with Crippen molar-refractivity contribution >= 4 is 17.5 Å². The summed E-state index contributed by atoms with van der Waals surface area (Å²) in [4.78, 5) is 37.2. The fourth-order valence-corrected chi connectivity index (χ4v) is 1.86. The van der Waals surface area contributed by atoms with E-state index in [-0.39, 0.29) is 12.1 Å². The summed E-state index contributed by atoms with van der Waals surface area (Å²) in [6.45, 7) is 2.10. The first kappa shape index (κ1) is 16.7. The number of carbonyl (C=O) groups is 2. The number of amides is 2. The van der Waals surface area contributed by atoms with Crippen molar-refractivity contribution in [3.63, 3.8) is 0 Å². The molecule has 7 nitrogen and oxygen atoms in total. The van der Waals surface area contributed by atoms with Gasteiger partial charge in [-0.3, -0.25) is 25.0 Å². The lowest BCUT2D eigenvalue weighted by molar-refractivity contribution is -0.385. The average Bonchev–Trinajstić information content (AvgIpc) is 2.47. The Kier molecular flexibility index (Phi) is 7.00. The molecule has 0 aliphatic carbocycles. The van der Waals surface area contributed by atoms with Crippen molar-refractivity contribution < 1.29 is 14.5 Å². The van der Waals surface area contributed by atoms with Crippen LogP contribution in [-0.2, 0) is 4.79 Å². The van der Waals surface area contributed by atoms with Crippen LogP contribution in [0.5, 0.6) is 0 Å². The van der Waals surface area contributed by atoms with Crippen molar-refractivity contribution in [3.05, 3.63) is 34.1 Å². The lowest BCUT2D eigenvalue weighted by Crippen LogP contribution is -2.31. The molecule has 1 heterocycles. The van der Waals surface area contributed by atoms with Crippen molar-refractivity contribution in [2.75, 3.05) is 0 Å². The lowest BCUT2D eigenvalue weighted by atomic mass is 10.1. The summed E-state index contributed by atoms with van der Waals surface area (Å²) in [5.41, 5.74) is -0.757. The lowest BCUT2D eigenvalue weighted by Gasteiger charge is -2.04. The molecule has 0 radical (unpaired) electrons. The first-order valence-corrected chi connectivity index (χ1v) is 6.99. The van der Waals surface area contributed by atoms with Crippen LogP contribution in [0.1, 0.15) is 55.9 Å². The monoisotopic (exact) mass is 293 g/mol. The molecule has 1 aromatic rings. The highest BCUT2D eigenvalue weighted by atomic mass is 16.6. The third kappa shape index (κ3) is 5.68. The number of nitrogens with one attached hydrogen (secondary N) is 1. The molecule has 1 rings (SSSR count). The highest BCUT2D eigenvalue weighted by molar-refractivity contribution is 6.05. The highest BCUT2D eigenvalue weighted by Crippen LogP contribution is 2.14. The molecule has 1 aromatic heterocycles. The van der Waals surface area contributed by atoms with E-state index in [4.69, 9.17) is 0 Å². The summed E-state index contributed by atoms with van der Waals surface area (Å²) in [6.07, 6.45) is 6.44. The third-order valence-electron chi connectivity index (χ3n) is 2.96. The SMILES string of the molecule is CCCCCCCC(=O)NC(=O)c1ncccc1[N+](=O)[O-]. The molecular formula is C14H19N3O4. The maximum atomic E-state index is 11.8. The largest absolute Gasteiger partial charge is 0.300 e. The van der Waals surface area contributed by atoms with Gasteiger partial charge in [-0.25, -0.2) is 4.98 Å². The normalized spacial score (nSPS) is 10.1. The average molecular weight is 293 g/mol. The Morgan fingerprint density at radius 2 is 2.00 bits per heavy atom. The number of carbonyl (C=O) groups excluding carboxylic acids is 2. The fourth-order valence-electron chi connectivity index (χ4n) is 1.86. The third-order valence-corrected chi connectivity index (χ3v) is 2.96. The summed E-state index contributed by atoms with van der Waals surface area (Å²) in [7, 11) is 0. The summed E-state index contributed by atoms with van der Waals surface area (Å²) >= 11 is 0. The quantitative estimate of drug-likeness (QED) is 0.451. The van der Waals surface area contributed by atoms with Gasteiger partial charge in [0.2, 0.25) is 11.6 Å². The zero-order valence-corrected chi connectivity index (χ0v) is 12.0. The number of pyridine rings is 1. The smallest absolute Gasteiger partial charge is 0.291 e. The van der Waals surface area contributed by atoms with E-state index in [1.807, 2.05) is 0 Å². The highest BCUT2D eigenvalue weighted by Gasteiger charge is 2.22. The summed E-state index contributed by atoms with van der Waals surface area (Å²) < 4.78 is 0. The van der Waals surface area contributed by atoms with Gasteiger partial charge in [0.15, 0.2) is 0 Å². The number of rotatable bonds is 8. The van der Waals surface area contributed by atoms with E-state index in [2.05, 4.69) is 17.2 Å². The molecule has 0 spiro atoms. The second-order valence-corrected chi connectivity index (χ2v) is 4.67. The van der Waals surface area contributed by atoms with E-state index in [9.17, 15) is 19.7 Å². The second kappa shape index (κ2) is 8.78. The number of nitro groups is 1. The molecule has 0 atom stereocenters. The van der Waals surface area contributed by atoms with Gasteiger partial charge >= 0.3 is 5.69 Å². The topological polar surface area (TPSA) is 102 Å². The molecule has 2 amide bonds. The maximum Gasteiger partial charge on any atom is 0.300 e. The minimum atomic E-state index is -0.833. The van der Waals surface area contributed by atoms with Crippen LogP contribution in [0.2, 0.25) is 0 Å². The number of nitrogens with zero attached hydrogens (tertiary/aromatic N) is 2. The molecule has 0 fully saturated rings. The van der Waals surface area contributed by atoms with Crippen LogP contribution in [0.25, 0.3) is 0 Å².